The molecule has 0 bridgehead atoms. The Morgan fingerprint density at radius 3 is 2.42 bits per heavy atom. The minimum atomic E-state index is -4.76. The molecule has 1 unspecified atom stereocenters. The number of hydrogen-bond donors (Lipinski definition) is 1. The van der Waals surface area contributed by atoms with Crippen LogP contribution in [0.25, 0.3) is 0 Å². The van der Waals surface area contributed by atoms with Gasteiger partial charge in [-0.25, -0.2) is 8.42 Å². The van der Waals surface area contributed by atoms with Gasteiger partial charge in [-0.1, -0.05) is 18.6 Å². The molecule has 2 saturated heterocycles. The van der Waals surface area contributed by atoms with Gasteiger partial charge in [-0.15, -0.1) is 0 Å². The number of hydrogen-bond acceptors (Lipinski definition) is 4. The van der Waals surface area contributed by atoms with Gasteiger partial charge in [0.15, 0.2) is 0 Å². The summed E-state index contributed by atoms with van der Waals surface area (Å²) < 4.78 is 66.6. The highest BCUT2D eigenvalue weighted by Gasteiger charge is 2.40. The summed E-state index contributed by atoms with van der Waals surface area (Å²) in [6.45, 7) is 5.07. The lowest BCUT2D eigenvalue weighted by Crippen LogP contribution is -2.43. The van der Waals surface area contributed by atoms with E-state index in [1.54, 1.807) is 0 Å². The highest BCUT2D eigenvalue weighted by molar-refractivity contribution is 7.89. The van der Waals surface area contributed by atoms with E-state index in [1.807, 2.05) is 0 Å². The van der Waals surface area contributed by atoms with E-state index in [-0.39, 0.29) is 24.9 Å². The van der Waals surface area contributed by atoms with Crippen molar-refractivity contribution < 1.29 is 26.4 Å². The van der Waals surface area contributed by atoms with Crippen LogP contribution in [0.1, 0.15) is 57.4 Å². The molecule has 2 aliphatic rings. The first kappa shape index (κ1) is 26.0. The molecule has 0 aliphatic carbocycles. The Hall–Kier alpha value is -1.65. The third-order valence-corrected chi connectivity index (χ3v) is 8.70. The quantitative estimate of drug-likeness (QED) is 0.563. The summed E-state index contributed by atoms with van der Waals surface area (Å²) in [6.07, 6.45) is 1.52. The van der Waals surface area contributed by atoms with Crippen molar-refractivity contribution in [1.82, 2.24) is 14.5 Å². The number of piperidine rings is 2. The molecule has 10 heteroatoms. The molecule has 0 radical (unpaired) electrons. The number of benzene rings is 1. The highest BCUT2D eigenvalue weighted by atomic mass is 32.2. The van der Waals surface area contributed by atoms with Crippen LogP contribution in [-0.2, 0) is 21.0 Å². The number of amides is 1. The smallest absolute Gasteiger partial charge is 0.356 e. The third kappa shape index (κ3) is 6.70. The van der Waals surface area contributed by atoms with Gasteiger partial charge in [0.1, 0.15) is 0 Å². The molecule has 2 heterocycles. The van der Waals surface area contributed by atoms with Gasteiger partial charge in [-0.2, -0.15) is 17.5 Å². The van der Waals surface area contributed by atoms with E-state index in [2.05, 4.69) is 17.1 Å². The van der Waals surface area contributed by atoms with Crippen LogP contribution in [0, 0.1) is 5.92 Å². The number of halogens is 3. The van der Waals surface area contributed by atoms with Crippen LogP contribution in [0.5, 0.6) is 0 Å². The van der Waals surface area contributed by atoms with Crippen LogP contribution in [0.15, 0.2) is 29.2 Å². The predicted octanol–water partition coefficient (Wildman–Crippen LogP) is 3.88. The highest BCUT2D eigenvalue weighted by Crippen LogP contribution is 2.36. The first-order valence-corrected chi connectivity index (χ1v) is 13.2. The Kier molecular flexibility index (Phi) is 8.80. The maximum atomic E-state index is 13.3. The first-order chi connectivity index (χ1) is 15.6. The maximum absolute atomic E-state index is 13.3. The zero-order chi connectivity index (χ0) is 24.1. The average molecular weight is 490 g/mol. The van der Waals surface area contributed by atoms with Gasteiger partial charge in [0.05, 0.1) is 10.5 Å². The number of nitrogens with one attached hydrogen (secondary N) is 1. The molecule has 1 aromatic carbocycles. The molecule has 0 aromatic heterocycles. The zero-order valence-corrected chi connectivity index (χ0v) is 19.9. The minimum Gasteiger partial charge on any atom is -0.356 e. The lowest BCUT2D eigenvalue weighted by Gasteiger charge is -2.33. The largest absolute Gasteiger partial charge is 0.417 e. The molecule has 3 rings (SSSR count). The number of alkyl halides is 3. The molecule has 6 nitrogen and oxygen atoms in total. The summed E-state index contributed by atoms with van der Waals surface area (Å²) in [4.78, 5) is 14.3. The second-order valence-corrected chi connectivity index (χ2v) is 11.0. The van der Waals surface area contributed by atoms with E-state index in [0.717, 1.165) is 42.4 Å². The van der Waals surface area contributed by atoms with Crippen LogP contribution >= 0.6 is 0 Å². The Morgan fingerprint density at radius 1 is 1.06 bits per heavy atom. The van der Waals surface area contributed by atoms with E-state index in [0.29, 0.717) is 25.4 Å². The summed E-state index contributed by atoms with van der Waals surface area (Å²) in [6, 6.07) is 4.85. The average Bonchev–Trinajstić information content (AvgIpc) is 2.79. The van der Waals surface area contributed by atoms with Crippen molar-refractivity contribution in [2.24, 2.45) is 5.92 Å². The molecule has 2 aliphatic heterocycles. The fraction of sp³-hybridized carbons (Fsp3) is 0.696. The van der Waals surface area contributed by atoms with Gasteiger partial charge in [0.25, 0.3) is 0 Å². The summed E-state index contributed by atoms with van der Waals surface area (Å²) in [5.74, 6) is -0.425. The summed E-state index contributed by atoms with van der Waals surface area (Å²) in [5.41, 5.74) is -1.16. The van der Waals surface area contributed by atoms with Gasteiger partial charge in [-0.05, 0) is 70.7 Å². The number of carbonyl (C=O) groups is 1. The number of likely N-dealkylation sites (tertiary alicyclic amines) is 1. The number of rotatable bonds is 8. The van der Waals surface area contributed by atoms with Gasteiger partial charge >= 0.3 is 6.18 Å². The molecule has 1 aromatic rings. The van der Waals surface area contributed by atoms with Crippen molar-refractivity contribution in [1.29, 1.82) is 0 Å². The van der Waals surface area contributed by atoms with Crippen molar-refractivity contribution >= 4 is 15.9 Å². The van der Waals surface area contributed by atoms with Gasteiger partial charge in [-0.3, -0.25) is 4.79 Å². The van der Waals surface area contributed by atoms with Crippen LogP contribution < -0.4 is 5.32 Å². The Balaban J connectivity index is 1.44. The van der Waals surface area contributed by atoms with Crippen LogP contribution in [-0.4, -0.2) is 62.3 Å². The molecule has 1 atom stereocenters. The normalized spacial score (nSPS) is 21.8. The van der Waals surface area contributed by atoms with E-state index < -0.39 is 26.7 Å². The SMILES string of the molecule is CC1CCCCN1CCCCNC(=O)C1CCN(S(=O)(=O)c2ccccc2C(F)(F)F)CC1. The first-order valence-electron chi connectivity index (χ1n) is 11.8. The molecular formula is C23H34F3N3O3S. The van der Waals surface area contributed by atoms with Crippen molar-refractivity contribution in [3.8, 4) is 0 Å². The molecule has 186 valence electrons. The van der Waals surface area contributed by atoms with Gasteiger partial charge in [0.2, 0.25) is 15.9 Å². The number of carbonyl (C=O) groups excluding carboxylic acids is 1. The molecule has 0 spiro atoms. The summed E-state index contributed by atoms with van der Waals surface area (Å²) in [7, 11) is -4.29. The second-order valence-electron chi connectivity index (χ2n) is 9.05. The summed E-state index contributed by atoms with van der Waals surface area (Å²) >= 11 is 0. The maximum Gasteiger partial charge on any atom is 0.417 e. The fourth-order valence-electron chi connectivity index (χ4n) is 4.71. The Bertz CT molecular complexity index is 900. The molecule has 33 heavy (non-hydrogen) atoms. The minimum absolute atomic E-state index is 0.0272. The molecular weight excluding hydrogens is 455 g/mol. The van der Waals surface area contributed by atoms with E-state index in [1.165, 1.54) is 31.4 Å². The lowest BCUT2D eigenvalue weighted by atomic mass is 9.97. The molecule has 2 fully saturated rings. The van der Waals surface area contributed by atoms with E-state index >= 15 is 0 Å². The topological polar surface area (TPSA) is 69.7 Å². The lowest BCUT2D eigenvalue weighted by molar-refractivity contribution is -0.139. The van der Waals surface area contributed by atoms with Crippen LogP contribution in [0.2, 0.25) is 0 Å². The summed E-state index contributed by atoms with van der Waals surface area (Å²) in [5, 5.41) is 2.94. The van der Waals surface area contributed by atoms with E-state index in [9.17, 15) is 26.4 Å². The van der Waals surface area contributed by atoms with Crippen LogP contribution in [0.3, 0.4) is 0 Å². The van der Waals surface area contributed by atoms with Crippen molar-refractivity contribution in [2.75, 3.05) is 32.7 Å². The van der Waals surface area contributed by atoms with Crippen molar-refractivity contribution in [3.05, 3.63) is 29.8 Å². The molecule has 1 amide bonds. The van der Waals surface area contributed by atoms with Gasteiger partial charge < -0.3 is 10.2 Å². The fourth-order valence-corrected chi connectivity index (χ4v) is 6.39. The number of sulfonamides is 1. The predicted molar refractivity (Wildman–Crippen MR) is 120 cm³/mol. The Morgan fingerprint density at radius 2 is 1.76 bits per heavy atom. The third-order valence-electron chi connectivity index (χ3n) is 6.75. The number of unbranched alkanes of at least 4 members (excludes halogenated alkanes) is 1. The van der Waals surface area contributed by atoms with Crippen LogP contribution in [0.4, 0.5) is 13.2 Å². The van der Waals surface area contributed by atoms with E-state index in [4.69, 9.17) is 0 Å². The standard InChI is InChI=1S/C23H34F3N3O3S/c1-18-8-4-6-14-28(18)15-7-5-13-27-22(30)19-11-16-29(17-12-19)33(31,32)21-10-3-2-9-20(21)23(24,25)26/h2-3,9-10,18-19H,4-8,11-17H2,1H3,(H,27,30). The molecule has 1 N–H and O–H groups in total. The van der Waals surface area contributed by atoms with Crippen molar-refractivity contribution in [2.45, 2.75) is 69.0 Å². The Labute approximate surface area is 194 Å². The van der Waals surface area contributed by atoms with Crippen molar-refractivity contribution in [3.63, 3.8) is 0 Å². The second kappa shape index (κ2) is 11.2. The zero-order valence-electron chi connectivity index (χ0n) is 19.1. The van der Waals surface area contributed by atoms with Gasteiger partial charge in [0, 0.05) is 31.6 Å². The number of nitrogens with zero attached hydrogens (tertiary/aromatic N) is 2. The molecule has 0 saturated carbocycles. The monoisotopic (exact) mass is 489 g/mol.